The van der Waals surface area contributed by atoms with Gasteiger partial charge in [0, 0.05) is 25.6 Å². The van der Waals surface area contributed by atoms with E-state index in [-0.39, 0.29) is 25.4 Å². The van der Waals surface area contributed by atoms with E-state index >= 15 is 0 Å². The quantitative estimate of drug-likeness (QED) is 0.794. The number of sulfonamides is 1. The zero-order chi connectivity index (χ0) is 16.9. The van der Waals surface area contributed by atoms with Crippen LogP contribution in [0.2, 0.25) is 0 Å². The highest BCUT2D eigenvalue weighted by Crippen LogP contribution is 2.17. The third kappa shape index (κ3) is 5.46. The van der Waals surface area contributed by atoms with E-state index < -0.39 is 10.0 Å². The first-order valence-electron chi connectivity index (χ1n) is 6.91. The Morgan fingerprint density at radius 2 is 1.96 bits per heavy atom. The number of benzene rings is 1. The average Bonchev–Trinajstić information content (AvgIpc) is 2.95. The van der Waals surface area contributed by atoms with Crippen molar-refractivity contribution in [2.45, 2.75) is 13.0 Å². The highest BCUT2D eigenvalue weighted by Gasteiger charge is 2.14. The van der Waals surface area contributed by atoms with Crippen molar-refractivity contribution in [3.05, 3.63) is 36.2 Å². The van der Waals surface area contributed by atoms with Gasteiger partial charge in [-0.2, -0.15) is 0 Å². The summed E-state index contributed by atoms with van der Waals surface area (Å²) in [5.74, 6) is 0.483. The molecule has 0 saturated carbocycles. The van der Waals surface area contributed by atoms with Gasteiger partial charge < -0.3 is 9.32 Å². The molecule has 1 N–H and O–H groups in total. The van der Waals surface area contributed by atoms with Crippen molar-refractivity contribution in [1.29, 1.82) is 0 Å². The smallest absolute Gasteiger partial charge is 0.247 e. The molecule has 0 bridgehead atoms. The molecular formula is C14H18N4O4S. The van der Waals surface area contributed by atoms with E-state index in [9.17, 15) is 13.2 Å². The van der Waals surface area contributed by atoms with E-state index in [0.29, 0.717) is 11.8 Å². The summed E-state index contributed by atoms with van der Waals surface area (Å²) in [4.78, 5) is 13.3. The maximum absolute atomic E-state index is 11.9. The summed E-state index contributed by atoms with van der Waals surface area (Å²) in [5, 5.41) is 7.86. The fourth-order valence-corrected chi connectivity index (χ4v) is 2.31. The van der Waals surface area contributed by atoms with Crippen molar-refractivity contribution in [2.75, 3.05) is 19.8 Å². The van der Waals surface area contributed by atoms with Crippen LogP contribution >= 0.6 is 0 Å². The number of carbonyl (C=O) groups excluding carboxylic acids is 1. The predicted octanol–water partition coefficient (Wildman–Crippen LogP) is 0.634. The van der Waals surface area contributed by atoms with Crippen LogP contribution in [0.25, 0.3) is 11.5 Å². The number of carbonyl (C=O) groups is 1. The maximum atomic E-state index is 11.9. The molecule has 8 nitrogen and oxygen atoms in total. The van der Waals surface area contributed by atoms with Gasteiger partial charge in [-0.05, 0) is 12.1 Å². The molecule has 0 aliphatic carbocycles. The predicted molar refractivity (Wildman–Crippen MR) is 83.7 cm³/mol. The Morgan fingerprint density at radius 3 is 2.61 bits per heavy atom. The van der Waals surface area contributed by atoms with Gasteiger partial charge in [-0.1, -0.05) is 18.2 Å². The highest BCUT2D eigenvalue weighted by molar-refractivity contribution is 7.88. The van der Waals surface area contributed by atoms with Crippen LogP contribution in [0.4, 0.5) is 0 Å². The van der Waals surface area contributed by atoms with Crippen molar-refractivity contribution in [2.24, 2.45) is 0 Å². The Labute approximate surface area is 134 Å². The first kappa shape index (κ1) is 17.1. The lowest BCUT2D eigenvalue weighted by molar-refractivity contribution is -0.130. The van der Waals surface area contributed by atoms with Crippen molar-refractivity contribution < 1.29 is 17.6 Å². The van der Waals surface area contributed by atoms with Crippen molar-refractivity contribution in [1.82, 2.24) is 19.8 Å². The number of amides is 1. The number of hydrogen-bond donors (Lipinski definition) is 1. The monoisotopic (exact) mass is 338 g/mol. The van der Waals surface area contributed by atoms with Crippen LogP contribution in [0.15, 0.2) is 34.7 Å². The summed E-state index contributed by atoms with van der Waals surface area (Å²) in [5.41, 5.74) is 0.803. The number of aromatic nitrogens is 2. The molecule has 0 radical (unpaired) electrons. The highest BCUT2D eigenvalue weighted by atomic mass is 32.2. The van der Waals surface area contributed by atoms with Gasteiger partial charge in [-0.3, -0.25) is 4.79 Å². The second-order valence-electron chi connectivity index (χ2n) is 5.03. The van der Waals surface area contributed by atoms with Gasteiger partial charge in [0.05, 0.1) is 12.8 Å². The van der Waals surface area contributed by atoms with E-state index in [1.165, 1.54) is 4.90 Å². The minimum Gasteiger partial charge on any atom is -0.419 e. The summed E-state index contributed by atoms with van der Waals surface area (Å²) in [6.45, 7) is 0.221. The Balaban J connectivity index is 1.89. The van der Waals surface area contributed by atoms with E-state index in [2.05, 4.69) is 14.9 Å². The van der Waals surface area contributed by atoms with E-state index in [1.807, 2.05) is 30.3 Å². The molecule has 23 heavy (non-hydrogen) atoms. The van der Waals surface area contributed by atoms with Gasteiger partial charge in [-0.15, -0.1) is 10.2 Å². The summed E-state index contributed by atoms with van der Waals surface area (Å²) in [6, 6.07) is 9.32. The maximum Gasteiger partial charge on any atom is 0.247 e. The fraction of sp³-hybridized carbons (Fsp3) is 0.357. The van der Waals surface area contributed by atoms with Crippen molar-refractivity contribution in [3.63, 3.8) is 0 Å². The van der Waals surface area contributed by atoms with E-state index in [4.69, 9.17) is 4.42 Å². The molecule has 0 fully saturated rings. The third-order valence-electron chi connectivity index (χ3n) is 2.99. The summed E-state index contributed by atoms with van der Waals surface area (Å²) < 4.78 is 29.7. The first-order chi connectivity index (χ1) is 10.8. The zero-order valence-corrected chi connectivity index (χ0v) is 13.7. The lowest BCUT2D eigenvalue weighted by Gasteiger charge is -2.14. The van der Waals surface area contributed by atoms with Crippen LogP contribution in [-0.2, 0) is 21.4 Å². The van der Waals surface area contributed by atoms with Gasteiger partial charge in [0.2, 0.25) is 27.7 Å². The molecule has 0 aliphatic heterocycles. The zero-order valence-electron chi connectivity index (χ0n) is 12.9. The van der Waals surface area contributed by atoms with Crippen molar-refractivity contribution >= 4 is 15.9 Å². The molecule has 0 saturated heterocycles. The molecule has 1 heterocycles. The molecule has 1 aromatic carbocycles. The number of rotatable bonds is 7. The number of nitrogens with one attached hydrogen (secondary N) is 1. The Bertz CT molecular complexity index is 758. The molecule has 0 spiro atoms. The molecule has 0 aliphatic rings. The van der Waals surface area contributed by atoms with Crippen LogP contribution in [0.1, 0.15) is 12.3 Å². The Morgan fingerprint density at radius 1 is 1.26 bits per heavy atom. The second-order valence-corrected chi connectivity index (χ2v) is 6.87. The summed E-state index contributed by atoms with van der Waals surface area (Å²) in [6.07, 6.45) is 1.11. The van der Waals surface area contributed by atoms with Crippen LogP contribution in [0, 0.1) is 0 Å². The SMILES string of the molecule is CN(Cc1nnc(-c2ccccc2)o1)C(=O)CCNS(C)(=O)=O. The number of hydrogen-bond acceptors (Lipinski definition) is 6. The minimum atomic E-state index is -3.29. The van der Waals surface area contributed by atoms with Crippen LogP contribution in [0.3, 0.4) is 0 Å². The normalized spacial score (nSPS) is 11.4. The van der Waals surface area contributed by atoms with Gasteiger partial charge in [0.15, 0.2) is 0 Å². The molecule has 2 rings (SSSR count). The van der Waals surface area contributed by atoms with Crippen LogP contribution < -0.4 is 4.72 Å². The lowest BCUT2D eigenvalue weighted by Crippen LogP contribution is -2.31. The van der Waals surface area contributed by atoms with Gasteiger partial charge in [-0.25, -0.2) is 13.1 Å². The molecule has 1 aromatic heterocycles. The van der Waals surface area contributed by atoms with Gasteiger partial charge in [0.25, 0.3) is 0 Å². The van der Waals surface area contributed by atoms with Crippen LogP contribution in [-0.4, -0.2) is 49.3 Å². The second kappa shape index (κ2) is 7.34. The fourth-order valence-electron chi connectivity index (χ4n) is 1.84. The molecular weight excluding hydrogens is 320 g/mol. The standard InChI is InChI=1S/C14H18N4O4S/c1-18(13(19)8-9-15-23(2,20)21)10-12-16-17-14(22-12)11-6-4-3-5-7-11/h3-7,15H,8-10H2,1-2H3. The molecule has 0 atom stereocenters. The largest absolute Gasteiger partial charge is 0.419 e. The summed E-state index contributed by atoms with van der Waals surface area (Å²) >= 11 is 0. The Hall–Kier alpha value is -2.26. The van der Waals surface area contributed by atoms with Crippen molar-refractivity contribution in [3.8, 4) is 11.5 Å². The van der Waals surface area contributed by atoms with Gasteiger partial charge >= 0.3 is 0 Å². The van der Waals surface area contributed by atoms with Crippen LogP contribution in [0.5, 0.6) is 0 Å². The Kier molecular flexibility index (Phi) is 5.45. The minimum absolute atomic E-state index is 0.0567. The first-order valence-corrected chi connectivity index (χ1v) is 8.81. The van der Waals surface area contributed by atoms with Gasteiger partial charge in [0.1, 0.15) is 0 Å². The molecule has 0 unspecified atom stereocenters. The van der Waals surface area contributed by atoms with E-state index in [1.54, 1.807) is 7.05 Å². The van der Waals surface area contributed by atoms with E-state index in [0.717, 1.165) is 11.8 Å². The topological polar surface area (TPSA) is 105 Å². The third-order valence-corrected chi connectivity index (χ3v) is 3.72. The molecule has 124 valence electrons. The molecule has 9 heteroatoms. The lowest BCUT2D eigenvalue weighted by atomic mass is 10.2. The summed E-state index contributed by atoms with van der Waals surface area (Å²) in [7, 11) is -1.70. The number of nitrogens with zero attached hydrogens (tertiary/aromatic N) is 3. The molecule has 1 amide bonds. The molecule has 2 aromatic rings. The average molecular weight is 338 g/mol.